The first-order valence-electron chi connectivity index (χ1n) is 8.22. The number of carbonyl (C=O) groups is 1. The number of piperazine rings is 1. The molecule has 1 aromatic rings. The SMILES string of the molecule is CCN1CCN(S(=O)(=O)c2cccc(NC(=O)C(C)CN)c2)CC1.Cl.Cl. The highest BCUT2D eigenvalue weighted by atomic mass is 35.5. The Morgan fingerprint density at radius 1 is 1.23 bits per heavy atom. The predicted molar refractivity (Wildman–Crippen MR) is 109 cm³/mol. The second kappa shape index (κ2) is 11.1. The normalized spacial score (nSPS) is 16.9. The second-order valence-electron chi connectivity index (χ2n) is 5.99. The molecule has 1 heterocycles. The minimum Gasteiger partial charge on any atom is -0.330 e. The predicted octanol–water partition coefficient (Wildman–Crippen LogP) is 1.39. The number of halogens is 2. The van der Waals surface area contributed by atoms with E-state index < -0.39 is 10.0 Å². The van der Waals surface area contributed by atoms with Gasteiger partial charge in [-0.2, -0.15) is 4.31 Å². The van der Waals surface area contributed by atoms with Crippen molar-refractivity contribution in [2.24, 2.45) is 11.7 Å². The number of anilines is 1. The molecule has 0 aliphatic carbocycles. The number of likely N-dealkylation sites (N-methyl/N-ethyl adjacent to an activating group) is 1. The van der Waals surface area contributed by atoms with Gasteiger partial charge in [0.2, 0.25) is 15.9 Å². The number of benzene rings is 1. The molecular weight excluding hydrogens is 399 g/mol. The number of nitrogens with zero attached hydrogens (tertiary/aromatic N) is 2. The van der Waals surface area contributed by atoms with E-state index in [1.807, 2.05) is 0 Å². The van der Waals surface area contributed by atoms with Gasteiger partial charge in [-0.25, -0.2) is 8.42 Å². The van der Waals surface area contributed by atoms with Crippen LogP contribution in [0.2, 0.25) is 0 Å². The zero-order valence-electron chi connectivity index (χ0n) is 15.1. The summed E-state index contributed by atoms with van der Waals surface area (Å²) in [5.74, 6) is -0.545. The van der Waals surface area contributed by atoms with Crippen LogP contribution in [-0.2, 0) is 14.8 Å². The Morgan fingerprint density at radius 3 is 2.38 bits per heavy atom. The maximum absolute atomic E-state index is 12.8. The molecule has 26 heavy (non-hydrogen) atoms. The van der Waals surface area contributed by atoms with E-state index in [2.05, 4.69) is 17.1 Å². The van der Waals surface area contributed by atoms with Crippen molar-refractivity contribution < 1.29 is 13.2 Å². The molecule has 3 N–H and O–H groups in total. The van der Waals surface area contributed by atoms with Crippen molar-refractivity contribution in [3.63, 3.8) is 0 Å². The molecule has 1 aliphatic heterocycles. The summed E-state index contributed by atoms with van der Waals surface area (Å²) >= 11 is 0. The molecule has 1 fully saturated rings. The van der Waals surface area contributed by atoms with E-state index in [1.54, 1.807) is 25.1 Å². The number of rotatable bonds is 6. The van der Waals surface area contributed by atoms with Crippen LogP contribution >= 0.6 is 24.8 Å². The molecule has 0 bridgehead atoms. The molecule has 1 aromatic carbocycles. The summed E-state index contributed by atoms with van der Waals surface area (Å²) in [6.07, 6.45) is 0. The fourth-order valence-corrected chi connectivity index (χ4v) is 4.01. The molecule has 7 nitrogen and oxygen atoms in total. The van der Waals surface area contributed by atoms with E-state index in [0.717, 1.165) is 19.6 Å². The quantitative estimate of drug-likeness (QED) is 0.716. The van der Waals surface area contributed by atoms with E-state index in [4.69, 9.17) is 5.73 Å². The zero-order valence-corrected chi connectivity index (χ0v) is 17.5. The van der Waals surface area contributed by atoms with Crippen LogP contribution in [0.25, 0.3) is 0 Å². The molecular formula is C16H28Cl2N4O3S. The summed E-state index contributed by atoms with van der Waals surface area (Å²) in [6, 6.07) is 6.37. The van der Waals surface area contributed by atoms with Gasteiger partial charge < -0.3 is 16.0 Å². The first kappa shape index (κ1) is 25.1. The highest BCUT2D eigenvalue weighted by Crippen LogP contribution is 2.21. The summed E-state index contributed by atoms with van der Waals surface area (Å²) in [6.45, 7) is 7.40. The Labute approximate surface area is 168 Å². The third-order valence-electron chi connectivity index (χ3n) is 4.32. The molecule has 0 radical (unpaired) electrons. The molecule has 10 heteroatoms. The molecule has 1 unspecified atom stereocenters. The van der Waals surface area contributed by atoms with E-state index in [1.165, 1.54) is 10.4 Å². The average molecular weight is 427 g/mol. The van der Waals surface area contributed by atoms with Crippen LogP contribution in [0.15, 0.2) is 29.2 Å². The van der Waals surface area contributed by atoms with E-state index in [0.29, 0.717) is 18.8 Å². The van der Waals surface area contributed by atoms with Gasteiger partial charge in [0.1, 0.15) is 0 Å². The topological polar surface area (TPSA) is 95.7 Å². The first-order valence-corrected chi connectivity index (χ1v) is 9.66. The minimum atomic E-state index is -3.55. The van der Waals surface area contributed by atoms with Crippen LogP contribution in [0, 0.1) is 5.92 Å². The highest BCUT2D eigenvalue weighted by molar-refractivity contribution is 7.89. The lowest BCUT2D eigenvalue weighted by atomic mass is 10.1. The largest absolute Gasteiger partial charge is 0.330 e. The van der Waals surface area contributed by atoms with Crippen molar-refractivity contribution >= 4 is 46.4 Å². The lowest BCUT2D eigenvalue weighted by Crippen LogP contribution is -2.48. The van der Waals surface area contributed by atoms with E-state index in [9.17, 15) is 13.2 Å². The van der Waals surface area contributed by atoms with Crippen LogP contribution in [0.4, 0.5) is 5.69 Å². The number of hydrogen-bond acceptors (Lipinski definition) is 5. The summed E-state index contributed by atoms with van der Waals surface area (Å²) in [4.78, 5) is 14.3. The van der Waals surface area contributed by atoms with Gasteiger partial charge >= 0.3 is 0 Å². The number of amides is 1. The lowest BCUT2D eigenvalue weighted by molar-refractivity contribution is -0.119. The zero-order chi connectivity index (χ0) is 17.7. The third-order valence-corrected chi connectivity index (χ3v) is 6.21. The third kappa shape index (κ3) is 6.07. The minimum absolute atomic E-state index is 0. The molecule has 0 aromatic heterocycles. The molecule has 2 rings (SSSR count). The number of carbonyl (C=O) groups excluding carboxylic acids is 1. The average Bonchev–Trinajstić information content (AvgIpc) is 2.61. The van der Waals surface area contributed by atoms with Crippen molar-refractivity contribution in [2.75, 3.05) is 44.6 Å². The van der Waals surface area contributed by atoms with Crippen LogP contribution in [0.5, 0.6) is 0 Å². The smallest absolute Gasteiger partial charge is 0.243 e. The summed E-state index contributed by atoms with van der Waals surface area (Å²) in [7, 11) is -3.55. The Morgan fingerprint density at radius 2 is 1.85 bits per heavy atom. The maximum Gasteiger partial charge on any atom is 0.243 e. The number of hydrogen-bond donors (Lipinski definition) is 2. The van der Waals surface area contributed by atoms with Crippen LogP contribution in [0.3, 0.4) is 0 Å². The standard InChI is InChI=1S/C16H26N4O3S.2ClH/c1-3-19-7-9-20(10-8-19)24(22,23)15-6-4-5-14(11-15)18-16(21)13(2)12-17;;/h4-6,11,13H,3,7-10,12,17H2,1-2H3,(H,18,21);2*1H. The van der Waals surface area contributed by atoms with E-state index >= 15 is 0 Å². The van der Waals surface area contributed by atoms with Crippen molar-refractivity contribution in [1.29, 1.82) is 0 Å². The molecule has 0 saturated carbocycles. The number of nitrogens with two attached hydrogens (primary N) is 1. The first-order chi connectivity index (χ1) is 11.4. The van der Waals surface area contributed by atoms with Gasteiger partial charge in [-0.05, 0) is 24.7 Å². The van der Waals surface area contributed by atoms with Crippen molar-refractivity contribution in [1.82, 2.24) is 9.21 Å². The van der Waals surface area contributed by atoms with Gasteiger partial charge in [-0.1, -0.05) is 19.9 Å². The molecule has 1 atom stereocenters. The van der Waals surface area contributed by atoms with Gasteiger partial charge in [-0.15, -0.1) is 24.8 Å². The number of sulfonamides is 1. The molecule has 1 saturated heterocycles. The van der Waals surface area contributed by atoms with Crippen molar-refractivity contribution in [3.05, 3.63) is 24.3 Å². The Bertz CT molecular complexity index is 680. The molecule has 1 amide bonds. The lowest BCUT2D eigenvalue weighted by Gasteiger charge is -2.33. The molecule has 150 valence electrons. The van der Waals surface area contributed by atoms with Crippen molar-refractivity contribution in [3.8, 4) is 0 Å². The van der Waals surface area contributed by atoms with Crippen LogP contribution in [-0.4, -0.2) is 62.8 Å². The fourth-order valence-electron chi connectivity index (χ4n) is 2.54. The molecule has 1 aliphatic rings. The van der Waals surface area contributed by atoms with Crippen LogP contribution < -0.4 is 11.1 Å². The monoisotopic (exact) mass is 426 g/mol. The van der Waals surface area contributed by atoms with Gasteiger partial charge in [0.25, 0.3) is 0 Å². The summed E-state index contributed by atoms with van der Waals surface area (Å²) in [5, 5.41) is 2.71. The molecule has 0 spiro atoms. The van der Waals surface area contributed by atoms with Crippen LogP contribution in [0.1, 0.15) is 13.8 Å². The van der Waals surface area contributed by atoms with Gasteiger partial charge in [0.05, 0.1) is 4.90 Å². The van der Waals surface area contributed by atoms with Crippen molar-refractivity contribution in [2.45, 2.75) is 18.7 Å². The van der Waals surface area contributed by atoms with Gasteiger partial charge in [0.15, 0.2) is 0 Å². The maximum atomic E-state index is 12.8. The number of nitrogens with one attached hydrogen (secondary N) is 1. The van der Waals surface area contributed by atoms with Gasteiger partial charge in [0, 0.05) is 44.3 Å². The Hall–Kier alpha value is -0.900. The Kier molecular flexibility index (Phi) is 10.7. The second-order valence-corrected chi connectivity index (χ2v) is 7.93. The van der Waals surface area contributed by atoms with E-state index in [-0.39, 0.29) is 48.1 Å². The summed E-state index contributed by atoms with van der Waals surface area (Å²) < 4.78 is 27.1. The fraction of sp³-hybridized carbons (Fsp3) is 0.562. The Balaban J connectivity index is 0.00000312. The summed E-state index contributed by atoms with van der Waals surface area (Å²) in [5.41, 5.74) is 5.94. The van der Waals surface area contributed by atoms with Gasteiger partial charge in [-0.3, -0.25) is 4.79 Å². The highest BCUT2D eigenvalue weighted by Gasteiger charge is 2.28.